The standard InChI is InChI=1S/C43H43N5/c1-6-7-8-12-23-41-44-42(46(5)48(45-41)31-18-10-9-11-19-31)47-39-25-24-30(32-20-14-13-17-29(32)2)26-35(39)36-27-34-33-21-15-16-22-37(33)43(3,4)38(34)28-40(36)47/h6-22,24-28,35,39,42H,23H2,1-5H3,(H,44,45)/b7-6-,12-8-. The van der Waals surface area contributed by atoms with Crippen molar-refractivity contribution in [1.29, 1.82) is 0 Å². The SMILES string of the molecule is C/C=C\C=C/CC1=NC(N2c3cc4c(cc3C3C=C(c5ccccc5C)C=CC32)-c2ccccc2C4(C)C)N(C)N(c2ccccc2)N1. The predicted molar refractivity (Wildman–Crippen MR) is 201 cm³/mol. The van der Waals surface area contributed by atoms with E-state index in [1.807, 2.05) is 13.0 Å². The van der Waals surface area contributed by atoms with Gasteiger partial charge in [0.25, 0.3) is 0 Å². The first-order chi connectivity index (χ1) is 23.4. The Hall–Kier alpha value is -5.13. The van der Waals surface area contributed by atoms with Crippen molar-refractivity contribution in [2.75, 3.05) is 17.1 Å². The number of aliphatic imine (C=N–C) groups is 1. The molecule has 240 valence electrons. The number of nitrogens with zero attached hydrogens (tertiary/aromatic N) is 4. The van der Waals surface area contributed by atoms with Gasteiger partial charge in [-0.1, -0.05) is 123 Å². The average molecular weight is 630 g/mol. The largest absolute Gasteiger partial charge is 0.328 e. The smallest absolute Gasteiger partial charge is 0.199 e. The lowest BCUT2D eigenvalue weighted by molar-refractivity contribution is 0.188. The van der Waals surface area contributed by atoms with Crippen molar-refractivity contribution in [3.05, 3.63) is 161 Å². The van der Waals surface area contributed by atoms with Crippen LogP contribution in [-0.4, -0.2) is 30.2 Å². The lowest BCUT2D eigenvalue weighted by Crippen LogP contribution is -2.64. The average Bonchev–Trinajstić information content (AvgIpc) is 3.54. The number of allylic oxidation sites excluding steroid dienone is 5. The second kappa shape index (κ2) is 11.8. The maximum absolute atomic E-state index is 5.45. The molecule has 1 N–H and O–H groups in total. The lowest BCUT2D eigenvalue weighted by Gasteiger charge is -2.47. The molecule has 3 atom stereocenters. The molecule has 0 saturated heterocycles. The normalized spacial score (nSPS) is 22.3. The molecule has 0 bridgehead atoms. The molecule has 2 heterocycles. The van der Waals surface area contributed by atoms with Crippen LogP contribution in [-0.2, 0) is 5.41 Å². The zero-order chi connectivity index (χ0) is 33.0. The number of fused-ring (bicyclic) bond motifs is 6. The molecule has 2 aliphatic heterocycles. The summed E-state index contributed by atoms with van der Waals surface area (Å²) in [7, 11) is 2.14. The third kappa shape index (κ3) is 4.84. The highest BCUT2D eigenvalue weighted by molar-refractivity contribution is 5.89. The van der Waals surface area contributed by atoms with Crippen LogP contribution in [0.15, 0.2) is 139 Å². The Kier molecular flexibility index (Phi) is 7.45. The van der Waals surface area contributed by atoms with Gasteiger partial charge in [0.15, 0.2) is 6.29 Å². The quantitative estimate of drug-likeness (QED) is 0.216. The summed E-state index contributed by atoms with van der Waals surface area (Å²) in [5.74, 6) is 1.11. The number of rotatable bonds is 6. The molecule has 0 aromatic heterocycles. The van der Waals surface area contributed by atoms with E-state index in [1.54, 1.807) is 0 Å². The number of anilines is 2. The predicted octanol–water partition coefficient (Wildman–Crippen LogP) is 9.30. The molecule has 5 heteroatoms. The monoisotopic (exact) mass is 629 g/mol. The number of para-hydroxylation sites is 1. The molecule has 5 nitrogen and oxygen atoms in total. The van der Waals surface area contributed by atoms with Gasteiger partial charge in [-0.05, 0) is 82.6 Å². The molecular formula is C43H43N5. The molecule has 0 fully saturated rings. The van der Waals surface area contributed by atoms with E-state index >= 15 is 0 Å². The minimum atomic E-state index is -0.270. The fourth-order valence-corrected chi connectivity index (χ4v) is 8.05. The molecule has 4 aromatic carbocycles. The van der Waals surface area contributed by atoms with E-state index in [9.17, 15) is 0 Å². The fraction of sp³-hybridized carbons (Fsp3) is 0.233. The van der Waals surface area contributed by atoms with Gasteiger partial charge in [0.05, 0.1) is 11.7 Å². The van der Waals surface area contributed by atoms with Gasteiger partial charge in [-0.15, -0.1) is 0 Å². The van der Waals surface area contributed by atoms with Gasteiger partial charge in [-0.3, -0.25) is 5.43 Å². The van der Waals surface area contributed by atoms with Crippen molar-refractivity contribution < 1.29 is 0 Å². The minimum absolute atomic E-state index is 0.0967. The van der Waals surface area contributed by atoms with Gasteiger partial charge >= 0.3 is 0 Å². The molecule has 4 aromatic rings. The maximum atomic E-state index is 5.45. The molecule has 4 aliphatic rings. The summed E-state index contributed by atoms with van der Waals surface area (Å²) in [6, 6.07) is 33.3. The summed E-state index contributed by atoms with van der Waals surface area (Å²) in [6.45, 7) is 8.98. The second-order valence-electron chi connectivity index (χ2n) is 13.8. The first-order valence-electron chi connectivity index (χ1n) is 17.1. The summed E-state index contributed by atoms with van der Waals surface area (Å²) in [4.78, 5) is 8.02. The molecule has 3 unspecified atom stereocenters. The van der Waals surface area contributed by atoms with E-state index in [1.165, 1.54) is 50.2 Å². The summed E-state index contributed by atoms with van der Waals surface area (Å²) in [5, 5.41) is 4.39. The Morgan fingerprint density at radius 3 is 2.40 bits per heavy atom. The Labute approximate surface area is 284 Å². The van der Waals surface area contributed by atoms with Crippen LogP contribution in [0.2, 0.25) is 0 Å². The Balaban J connectivity index is 1.30. The number of amidine groups is 1. The van der Waals surface area contributed by atoms with Gasteiger partial charge in [0.2, 0.25) is 0 Å². The molecule has 8 rings (SSSR count). The molecule has 0 amide bonds. The maximum Gasteiger partial charge on any atom is 0.199 e. The number of aryl methyl sites for hydroxylation is 1. The summed E-state index contributed by atoms with van der Waals surface area (Å²) < 4.78 is 0. The summed E-state index contributed by atoms with van der Waals surface area (Å²) in [5.41, 5.74) is 16.6. The summed E-state index contributed by atoms with van der Waals surface area (Å²) >= 11 is 0. The highest BCUT2D eigenvalue weighted by atomic mass is 15.9. The number of hydrogen-bond donors (Lipinski definition) is 1. The van der Waals surface area contributed by atoms with Crippen molar-refractivity contribution in [3.63, 3.8) is 0 Å². The molecule has 0 spiro atoms. The number of nitrogens with one attached hydrogen (secondary N) is 1. The molecule has 0 saturated carbocycles. The van der Waals surface area contributed by atoms with Crippen LogP contribution in [0.3, 0.4) is 0 Å². The van der Waals surface area contributed by atoms with Crippen molar-refractivity contribution in [2.45, 2.75) is 57.8 Å². The van der Waals surface area contributed by atoms with Crippen LogP contribution in [0.1, 0.15) is 60.9 Å². The van der Waals surface area contributed by atoms with Crippen molar-refractivity contribution in [1.82, 2.24) is 10.4 Å². The van der Waals surface area contributed by atoms with E-state index in [2.05, 4.69) is 176 Å². The van der Waals surface area contributed by atoms with Crippen LogP contribution in [0.5, 0.6) is 0 Å². The van der Waals surface area contributed by atoms with E-state index in [0.29, 0.717) is 6.42 Å². The van der Waals surface area contributed by atoms with E-state index in [4.69, 9.17) is 4.99 Å². The lowest BCUT2D eigenvalue weighted by atomic mass is 9.81. The van der Waals surface area contributed by atoms with Crippen LogP contribution in [0.4, 0.5) is 11.4 Å². The fourth-order valence-electron chi connectivity index (χ4n) is 8.05. The minimum Gasteiger partial charge on any atom is -0.328 e. The van der Waals surface area contributed by atoms with Gasteiger partial charge < -0.3 is 4.90 Å². The van der Waals surface area contributed by atoms with Gasteiger partial charge in [0, 0.05) is 30.5 Å². The van der Waals surface area contributed by atoms with Crippen LogP contribution >= 0.6 is 0 Å². The number of hydrazine groups is 2. The second-order valence-corrected chi connectivity index (χ2v) is 13.8. The van der Waals surface area contributed by atoms with Crippen LogP contribution in [0, 0.1) is 6.92 Å². The van der Waals surface area contributed by atoms with Crippen molar-refractivity contribution in [3.8, 4) is 11.1 Å². The highest BCUT2D eigenvalue weighted by Gasteiger charge is 2.47. The molecule has 48 heavy (non-hydrogen) atoms. The van der Waals surface area contributed by atoms with Crippen LogP contribution in [0.25, 0.3) is 16.7 Å². The topological polar surface area (TPSA) is 34.1 Å². The third-order valence-corrected chi connectivity index (χ3v) is 10.5. The molecule has 0 radical (unpaired) electrons. The van der Waals surface area contributed by atoms with Gasteiger partial charge in [0.1, 0.15) is 5.84 Å². The Bertz CT molecular complexity index is 2030. The van der Waals surface area contributed by atoms with Gasteiger partial charge in [-0.2, -0.15) is 5.01 Å². The third-order valence-electron chi connectivity index (χ3n) is 10.5. The zero-order valence-corrected chi connectivity index (χ0v) is 28.4. The first-order valence-corrected chi connectivity index (χ1v) is 17.1. The van der Waals surface area contributed by atoms with Crippen molar-refractivity contribution in [2.24, 2.45) is 4.99 Å². The molecule has 2 aliphatic carbocycles. The van der Waals surface area contributed by atoms with E-state index < -0.39 is 0 Å². The molecular weight excluding hydrogens is 587 g/mol. The number of benzene rings is 4. The van der Waals surface area contributed by atoms with E-state index in [0.717, 1.165) is 11.5 Å². The summed E-state index contributed by atoms with van der Waals surface area (Å²) in [6.07, 6.45) is 16.1. The zero-order valence-electron chi connectivity index (χ0n) is 28.4. The number of hydrogen-bond acceptors (Lipinski definition) is 5. The van der Waals surface area contributed by atoms with E-state index in [-0.39, 0.29) is 23.7 Å². The van der Waals surface area contributed by atoms with Crippen LogP contribution < -0.4 is 15.4 Å². The Morgan fingerprint density at radius 1 is 0.854 bits per heavy atom. The van der Waals surface area contributed by atoms with Gasteiger partial charge in [-0.25, -0.2) is 10.1 Å². The van der Waals surface area contributed by atoms with Crippen molar-refractivity contribution >= 4 is 22.8 Å². The first kappa shape index (κ1) is 30.2. The highest BCUT2D eigenvalue weighted by Crippen LogP contribution is 2.55. The Morgan fingerprint density at radius 2 is 1.60 bits per heavy atom.